The molecule has 6 heteroatoms. The third-order valence-corrected chi connectivity index (χ3v) is 5.34. The first-order valence-electron chi connectivity index (χ1n) is 7.86. The summed E-state index contributed by atoms with van der Waals surface area (Å²) < 4.78 is 32.4. The van der Waals surface area contributed by atoms with Crippen molar-refractivity contribution in [3.63, 3.8) is 0 Å². The first-order chi connectivity index (χ1) is 11.6. The summed E-state index contributed by atoms with van der Waals surface area (Å²) in [4.78, 5) is 0.181. The molecule has 1 atom stereocenters. The van der Waals surface area contributed by atoms with Gasteiger partial charge in [0.25, 0.3) is 0 Å². The minimum Gasteiger partial charge on any atom is -0.497 e. The lowest BCUT2D eigenvalue weighted by atomic mass is 9.93. The van der Waals surface area contributed by atoms with Crippen LogP contribution in [-0.4, -0.2) is 33.8 Å². The Morgan fingerprint density at radius 2 is 1.83 bits per heavy atom. The number of aliphatic hydroxyl groups excluding tert-OH is 1. The van der Waals surface area contributed by atoms with Gasteiger partial charge in [0.15, 0.2) is 0 Å². The lowest BCUT2D eigenvalue weighted by molar-refractivity contribution is 0.273. The highest BCUT2D eigenvalue weighted by atomic mass is 32.2. The average Bonchev–Trinajstić information content (AvgIpc) is 2.61. The van der Waals surface area contributed by atoms with Gasteiger partial charge in [0.05, 0.1) is 12.0 Å². The molecule has 0 unspecified atom stereocenters. The molecule has 0 saturated carbocycles. The molecule has 2 N–H and O–H groups in total. The molecule has 24 heavy (non-hydrogen) atoms. The standard InChI is InChI=1S/C18H23NO4S/c1-23-17-8-5-9-18(14-17)24(21,22)19-12-10-16(11-13-20)15-6-3-2-4-7-15/h2-9,14,16,19-20H,10-13H2,1H3/t16-/m1/s1. The number of hydrogen-bond acceptors (Lipinski definition) is 4. The Balaban J connectivity index is 2.00. The first-order valence-corrected chi connectivity index (χ1v) is 9.34. The quantitative estimate of drug-likeness (QED) is 0.729. The van der Waals surface area contributed by atoms with E-state index in [0.717, 1.165) is 5.56 Å². The summed E-state index contributed by atoms with van der Waals surface area (Å²) in [6, 6.07) is 16.2. The topological polar surface area (TPSA) is 75.6 Å². The van der Waals surface area contributed by atoms with E-state index in [1.165, 1.54) is 19.2 Å². The molecule has 0 saturated heterocycles. The fraction of sp³-hybridized carbons (Fsp3) is 0.333. The van der Waals surface area contributed by atoms with E-state index in [1.54, 1.807) is 12.1 Å². The van der Waals surface area contributed by atoms with Gasteiger partial charge in [-0.05, 0) is 36.5 Å². The van der Waals surface area contributed by atoms with Crippen LogP contribution < -0.4 is 9.46 Å². The van der Waals surface area contributed by atoms with Crippen LogP contribution in [0.2, 0.25) is 0 Å². The van der Waals surface area contributed by atoms with E-state index in [-0.39, 0.29) is 17.4 Å². The molecule has 0 radical (unpaired) electrons. The maximum absolute atomic E-state index is 12.4. The van der Waals surface area contributed by atoms with E-state index in [2.05, 4.69) is 4.72 Å². The summed E-state index contributed by atoms with van der Waals surface area (Å²) in [5, 5.41) is 9.24. The number of sulfonamides is 1. The Morgan fingerprint density at radius 1 is 1.08 bits per heavy atom. The van der Waals surface area contributed by atoms with Crippen molar-refractivity contribution < 1.29 is 18.3 Å². The molecule has 0 bridgehead atoms. The number of nitrogens with one attached hydrogen (secondary N) is 1. The fourth-order valence-electron chi connectivity index (χ4n) is 2.58. The summed E-state index contributed by atoms with van der Waals surface area (Å²) >= 11 is 0. The van der Waals surface area contributed by atoms with Gasteiger partial charge < -0.3 is 9.84 Å². The maximum Gasteiger partial charge on any atom is 0.240 e. The Morgan fingerprint density at radius 3 is 2.50 bits per heavy atom. The minimum absolute atomic E-state index is 0.0716. The van der Waals surface area contributed by atoms with Crippen LogP contribution in [0.25, 0.3) is 0 Å². The van der Waals surface area contributed by atoms with Gasteiger partial charge in [0.2, 0.25) is 10.0 Å². The van der Waals surface area contributed by atoms with Gasteiger partial charge in [-0.3, -0.25) is 0 Å². The molecule has 2 rings (SSSR count). The minimum atomic E-state index is -3.58. The molecule has 0 aliphatic rings. The van der Waals surface area contributed by atoms with Crippen LogP contribution in [0.1, 0.15) is 24.3 Å². The van der Waals surface area contributed by atoms with Crippen molar-refractivity contribution in [1.29, 1.82) is 0 Å². The average molecular weight is 349 g/mol. The summed E-state index contributed by atoms with van der Waals surface area (Å²) in [6.45, 7) is 0.376. The molecule has 0 spiro atoms. The van der Waals surface area contributed by atoms with Crippen molar-refractivity contribution >= 4 is 10.0 Å². The number of aliphatic hydroxyl groups is 1. The zero-order chi connectivity index (χ0) is 17.4. The lowest BCUT2D eigenvalue weighted by Crippen LogP contribution is -2.26. The van der Waals surface area contributed by atoms with Gasteiger partial charge in [-0.2, -0.15) is 0 Å². The zero-order valence-electron chi connectivity index (χ0n) is 13.7. The Hall–Kier alpha value is -1.89. The molecule has 0 fully saturated rings. The molecule has 0 aliphatic carbocycles. The Labute approximate surface area is 143 Å². The molecule has 130 valence electrons. The smallest absolute Gasteiger partial charge is 0.240 e. The second kappa shape index (κ2) is 8.82. The number of ether oxygens (including phenoxy) is 1. The summed E-state index contributed by atoms with van der Waals surface area (Å²) in [5.41, 5.74) is 1.10. The van der Waals surface area contributed by atoms with Crippen LogP contribution in [0, 0.1) is 0 Å². The van der Waals surface area contributed by atoms with Crippen molar-refractivity contribution in [1.82, 2.24) is 4.72 Å². The van der Waals surface area contributed by atoms with E-state index in [9.17, 15) is 13.5 Å². The normalized spacial score (nSPS) is 12.8. The van der Waals surface area contributed by atoms with E-state index < -0.39 is 10.0 Å². The van der Waals surface area contributed by atoms with Gasteiger partial charge in [0.1, 0.15) is 5.75 Å². The summed E-state index contributed by atoms with van der Waals surface area (Å²) in [5.74, 6) is 0.615. The van der Waals surface area contributed by atoms with E-state index in [1.807, 2.05) is 30.3 Å². The van der Waals surface area contributed by atoms with Crippen LogP contribution in [0.3, 0.4) is 0 Å². The Kier molecular flexibility index (Phi) is 6.78. The van der Waals surface area contributed by atoms with Crippen LogP contribution >= 0.6 is 0 Å². The lowest BCUT2D eigenvalue weighted by Gasteiger charge is -2.17. The third-order valence-electron chi connectivity index (χ3n) is 3.88. The molecule has 2 aromatic carbocycles. The van der Waals surface area contributed by atoms with E-state index in [4.69, 9.17) is 4.74 Å². The van der Waals surface area contributed by atoms with Crippen LogP contribution in [0.4, 0.5) is 0 Å². The summed E-state index contributed by atoms with van der Waals surface area (Å²) in [7, 11) is -2.08. The first kappa shape index (κ1) is 18.4. The SMILES string of the molecule is COc1cccc(S(=O)(=O)NCC[C@H](CCO)c2ccccc2)c1. The maximum atomic E-state index is 12.4. The van der Waals surface area contributed by atoms with Gasteiger partial charge in [-0.15, -0.1) is 0 Å². The van der Waals surface area contributed by atoms with Crippen LogP contribution in [0.15, 0.2) is 59.5 Å². The second-order valence-corrected chi connectivity index (χ2v) is 7.25. The number of rotatable bonds is 9. The third kappa shape index (κ3) is 5.06. The predicted molar refractivity (Wildman–Crippen MR) is 93.7 cm³/mol. The monoisotopic (exact) mass is 349 g/mol. The van der Waals surface area contributed by atoms with Gasteiger partial charge in [-0.25, -0.2) is 13.1 Å². The van der Waals surface area contributed by atoms with Crippen molar-refractivity contribution in [3.8, 4) is 5.75 Å². The fourth-order valence-corrected chi connectivity index (χ4v) is 3.66. The van der Waals surface area contributed by atoms with E-state index >= 15 is 0 Å². The molecular formula is C18H23NO4S. The zero-order valence-corrected chi connectivity index (χ0v) is 14.5. The second-order valence-electron chi connectivity index (χ2n) is 5.49. The largest absolute Gasteiger partial charge is 0.497 e. The molecule has 0 aliphatic heterocycles. The van der Waals surface area contributed by atoms with Crippen molar-refractivity contribution in [2.75, 3.05) is 20.3 Å². The van der Waals surface area contributed by atoms with Gasteiger partial charge in [-0.1, -0.05) is 36.4 Å². The molecule has 0 heterocycles. The van der Waals surface area contributed by atoms with Gasteiger partial charge >= 0.3 is 0 Å². The molecule has 5 nitrogen and oxygen atoms in total. The van der Waals surface area contributed by atoms with Crippen LogP contribution in [-0.2, 0) is 10.0 Å². The molecular weight excluding hydrogens is 326 g/mol. The highest BCUT2D eigenvalue weighted by Crippen LogP contribution is 2.23. The molecule has 2 aromatic rings. The van der Waals surface area contributed by atoms with Crippen molar-refractivity contribution in [2.24, 2.45) is 0 Å². The number of hydrogen-bond donors (Lipinski definition) is 2. The highest BCUT2D eigenvalue weighted by molar-refractivity contribution is 7.89. The van der Waals surface area contributed by atoms with E-state index in [0.29, 0.717) is 25.1 Å². The highest BCUT2D eigenvalue weighted by Gasteiger charge is 2.16. The Bertz CT molecular complexity index is 732. The predicted octanol–water partition coefficient (Wildman–Crippen LogP) is 2.53. The van der Waals surface area contributed by atoms with Crippen LogP contribution in [0.5, 0.6) is 5.75 Å². The number of benzene rings is 2. The molecule has 0 aromatic heterocycles. The molecule has 0 amide bonds. The number of methoxy groups -OCH3 is 1. The van der Waals surface area contributed by atoms with Crippen molar-refractivity contribution in [3.05, 3.63) is 60.2 Å². The van der Waals surface area contributed by atoms with Crippen molar-refractivity contribution in [2.45, 2.75) is 23.7 Å². The van der Waals surface area contributed by atoms with Gasteiger partial charge in [0, 0.05) is 19.2 Å². The summed E-state index contributed by atoms with van der Waals surface area (Å²) in [6.07, 6.45) is 1.22.